The summed E-state index contributed by atoms with van der Waals surface area (Å²) in [6.07, 6.45) is 9.13. The Bertz CT molecular complexity index is 1020. The summed E-state index contributed by atoms with van der Waals surface area (Å²) < 4.78 is 7.59. The normalized spacial score (nSPS) is 14.1. The first-order chi connectivity index (χ1) is 15.8. The van der Waals surface area contributed by atoms with Crippen LogP contribution in [0.15, 0.2) is 41.5 Å². The molecule has 33 heavy (non-hydrogen) atoms. The number of aromatic nitrogens is 1. The number of carbonyl (C=O) groups excluding carboxylic acids is 2. The van der Waals surface area contributed by atoms with Crippen LogP contribution in [0, 0.1) is 12.8 Å². The highest BCUT2D eigenvalue weighted by Gasteiger charge is 2.23. The summed E-state index contributed by atoms with van der Waals surface area (Å²) in [5.74, 6) is 0.428. The second-order valence-corrected chi connectivity index (χ2v) is 9.20. The summed E-state index contributed by atoms with van der Waals surface area (Å²) in [4.78, 5) is 41.8. The van der Waals surface area contributed by atoms with Crippen LogP contribution in [0.2, 0.25) is 0 Å². The molecular formula is C26H35N3O4. The summed E-state index contributed by atoms with van der Waals surface area (Å²) in [6, 6.07) is 7.70. The number of pyridine rings is 1. The quantitative estimate of drug-likeness (QED) is 0.612. The van der Waals surface area contributed by atoms with E-state index < -0.39 is 17.2 Å². The van der Waals surface area contributed by atoms with Crippen LogP contribution in [-0.2, 0) is 6.54 Å². The lowest BCUT2D eigenvalue weighted by atomic mass is 9.89. The van der Waals surface area contributed by atoms with Gasteiger partial charge in [-0.25, -0.2) is 0 Å². The minimum absolute atomic E-state index is 0.0244. The highest BCUT2D eigenvalue weighted by molar-refractivity contribution is 5.98. The van der Waals surface area contributed by atoms with Gasteiger partial charge in [0.15, 0.2) is 0 Å². The lowest BCUT2D eigenvalue weighted by Gasteiger charge is -2.24. The SMILES string of the molecule is Cc1ccc(OCCN(C)C(=O)c2cn(CC3CCCCC3)cc(C(=O)N(C)C)c2=O)cc1. The van der Waals surface area contributed by atoms with Crippen LogP contribution in [-0.4, -0.2) is 60.5 Å². The van der Waals surface area contributed by atoms with E-state index >= 15 is 0 Å². The van der Waals surface area contributed by atoms with Crippen LogP contribution < -0.4 is 10.2 Å². The molecule has 3 rings (SSSR count). The zero-order valence-electron chi connectivity index (χ0n) is 20.2. The van der Waals surface area contributed by atoms with Crippen molar-refractivity contribution in [2.75, 3.05) is 34.3 Å². The van der Waals surface area contributed by atoms with Crippen molar-refractivity contribution in [1.29, 1.82) is 0 Å². The Kier molecular flexibility index (Phi) is 8.31. The average Bonchev–Trinajstić information content (AvgIpc) is 2.81. The van der Waals surface area contributed by atoms with Crippen molar-refractivity contribution >= 4 is 11.8 Å². The minimum Gasteiger partial charge on any atom is -0.492 e. The maximum atomic E-state index is 13.2. The fraction of sp³-hybridized carbons (Fsp3) is 0.500. The van der Waals surface area contributed by atoms with Gasteiger partial charge in [-0.15, -0.1) is 0 Å². The van der Waals surface area contributed by atoms with Crippen LogP contribution in [0.5, 0.6) is 5.75 Å². The van der Waals surface area contributed by atoms with Gasteiger partial charge in [0, 0.05) is 40.1 Å². The number of nitrogens with zero attached hydrogens (tertiary/aromatic N) is 3. The Balaban J connectivity index is 1.77. The zero-order chi connectivity index (χ0) is 24.0. The Hall–Kier alpha value is -3.09. The molecule has 0 saturated heterocycles. The van der Waals surface area contributed by atoms with E-state index in [1.165, 1.54) is 29.1 Å². The number of hydrogen-bond acceptors (Lipinski definition) is 4. The molecule has 0 radical (unpaired) electrons. The molecule has 1 aromatic carbocycles. The Morgan fingerprint density at radius 3 is 2.18 bits per heavy atom. The molecule has 1 saturated carbocycles. The van der Waals surface area contributed by atoms with Gasteiger partial charge in [-0.05, 0) is 37.8 Å². The van der Waals surface area contributed by atoms with Crippen LogP contribution in [0.3, 0.4) is 0 Å². The molecule has 0 unspecified atom stereocenters. The third-order valence-electron chi connectivity index (χ3n) is 6.20. The van der Waals surface area contributed by atoms with E-state index in [0.29, 0.717) is 25.6 Å². The van der Waals surface area contributed by atoms with E-state index in [-0.39, 0.29) is 11.1 Å². The van der Waals surface area contributed by atoms with Gasteiger partial charge in [0.2, 0.25) is 5.43 Å². The number of rotatable bonds is 8. The number of amides is 2. The fourth-order valence-corrected chi connectivity index (χ4v) is 4.19. The number of hydrogen-bond donors (Lipinski definition) is 0. The summed E-state index contributed by atoms with van der Waals surface area (Å²) >= 11 is 0. The molecule has 2 aromatic rings. The molecule has 0 bridgehead atoms. The average molecular weight is 454 g/mol. The maximum absolute atomic E-state index is 13.2. The van der Waals surface area contributed by atoms with E-state index in [1.54, 1.807) is 33.5 Å². The molecule has 0 spiro atoms. The van der Waals surface area contributed by atoms with Gasteiger partial charge < -0.3 is 19.1 Å². The molecule has 0 aliphatic heterocycles. The zero-order valence-corrected chi connectivity index (χ0v) is 20.2. The third kappa shape index (κ3) is 6.46. The van der Waals surface area contributed by atoms with Gasteiger partial charge in [0.05, 0.1) is 6.54 Å². The second kappa shape index (κ2) is 11.2. The number of benzene rings is 1. The van der Waals surface area contributed by atoms with Gasteiger partial charge >= 0.3 is 0 Å². The first kappa shape index (κ1) is 24.6. The monoisotopic (exact) mass is 453 g/mol. The lowest BCUT2D eigenvalue weighted by molar-refractivity contribution is 0.0771. The fourth-order valence-electron chi connectivity index (χ4n) is 4.19. The Labute approximate surface area is 196 Å². The molecular weight excluding hydrogens is 418 g/mol. The molecule has 1 heterocycles. The number of likely N-dealkylation sites (N-methyl/N-ethyl adjacent to an activating group) is 1. The van der Waals surface area contributed by atoms with E-state index in [2.05, 4.69) is 0 Å². The van der Waals surface area contributed by atoms with Crippen molar-refractivity contribution in [2.45, 2.75) is 45.6 Å². The maximum Gasteiger partial charge on any atom is 0.259 e. The topological polar surface area (TPSA) is 71.8 Å². The number of ether oxygens (including phenoxy) is 1. The van der Waals surface area contributed by atoms with Crippen LogP contribution in [0.1, 0.15) is 58.4 Å². The van der Waals surface area contributed by atoms with Gasteiger partial charge in [-0.3, -0.25) is 14.4 Å². The lowest BCUT2D eigenvalue weighted by Crippen LogP contribution is -2.37. The highest BCUT2D eigenvalue weighted by atomic mass is 16.5. The summed E-state index contributed by atoms with van der Waals surface area (Å²) in [7, 11) is 4.86. The van der Waals surface area contributed by atoms with Crippen LogP contribution >= 0.6 is 0 Å². The van der Waals surface area contributed by atoms with E-state index in [4.69, 9.17) is 4.74 Å². The van der Waals surface area contributed by atoms with E-state index in [9.17, 15) is 14.4 Å². The summed E-state index contributed by atoms with van der Waals surface area (Å²) in [6.45, 7) is 3.33. The van der Waals surface area contributed by atoms with Crippen molar-refractivity contribution in [3.8, 4) is 5.75 Å². The van der Waals surface area contributed by atoms with Crippen LogP contribution in [0.25, 0.3) is 0 Å². The van der Waals surface area contributed by atoms with Crippen molar-refractivity contribution in [1.82, 2.24) is 14.4 Å². The van der Waals surface area contributed by atoms with Gasteiger partial charge in [0.25, 0.3) is 11.8 Å². The molecule has 7 heteroatoms. The smallest absolute Gasteiger partial charge is 0.259 e. The number of carbonyl (C=O) groups is 2. The summed E-state index contributed by atoms with van der Waals surface area (Å²) in [5, 5.41) is 0. The first-order valence-corrected chi connectivity index (χ1v) is 11.7. The van der Waals surface area contributed by atoms with Crippen molar-refractivity contribution in [3.05, 3.63) is 63.6 Å². The minimum atomic E-state index is -0.523. The molecule has 1 aromatic heterocycles. The molecule has 7 nitrogen and oxygen atoms in total. The van der Waals surface area contributed by atoms with Gasteiger partial charge in [-0.2, -0.15) is 0 Å². The van der Waals surface area contributed by atoms with Crippen molar-refractivity contribution < 1.29 is 14.3 Å². The van der Waals surface area contributed by atoms with Crippen LogP contribution in [0.4, 0.5) is 0 Å². The van der Waals surface area contributed by atoms with Gasteiger partial charge in [0.1, 0.15) is 23.5 Å². The Morgan fingerprint density at radius 1 is 0.970 bits per heavy atom. The molecule has 2 amide bonds. The second-order valence-electron chi connectivity index (χ2n) is 9.20. The number of aryl methyl sites for hydroxylation is 1. The van der Waals surface area contributed by atoms with E-state index in [0.717, 1.165) is 24.2 Å². The van der Waals surface area contributed by atoms with Crippen molar-refractivity contribution in [3.63, 3.8) is 0 Å². The first-order valence-electron chi connectivity index (χ1n) is 11.7. The Morgan fingerprint density at radius 2 is 1.58 bits per heavy atom. The van der Waals surface area contributed by atoms with E-state index in [1.807, 2.05) is 35.8 Å². The molecule has 1 fully saturated rings. The molecule has 178 valence electrons. The van der Waals surface area contributed by atoms with Gasteiger partial charge in [-0.1, -0.05) is 37.0 Å². The predicted molar refractivity (Wildman–Crippen MR) is 129 cm³/mol. The largest absolute Gasteiger partial charge is 0.492 e. The standard InChI is InChI=1S/C26H35N3O4/c1-19-10-12-21(13-11-19)33-15-14-28(4)26(32)23-18-29(16-20-8-6-5-7-9-20)17-22(24(23)30)25(31)27(2)3/h10-13,17-18,20H,5-9,14-16H2,1-4H3. The summed E-state index contributed by atoms with van der Waals surface area (Å²) in [5.41, 5.74) is 0.679. The molecule has 0 atom stereocenters. The van der Waals surface area contributed by atoms with Crippen molar-refractivity contribution in [2.24, 2.45) is 5.92 Å². The third-order valence-corrected chi connectivity index (χ3v) is 6.20. The molecule has 0 N–H and O–H groups in total. The highest BCUT2D eigenvalue weighted by Crippen LogP contribution is 2.25. The molecule has 1 aliphatic rings. The predicted octanol–water partition coefficient (Wildman–Crippen LogP) is 3.59. The molecule has 1 aliphatic carbocycles.